The Hall–Kier alpha value is -1.44. The number of Topliss-reactive ketones (excluding diaryl/α,β-unsaturated/α-hetero) is 1. The second kappa shape index (κ2) is 7.80. The van der Waals surface area contributed by atoms with Gasteiger partial charge in [0.05, 0.1) is 0 Å². The van der Waals surface area contributed by atoms with Crippen LogP contribution >= 0.6 is 0 Å². The van der Waals surface area contributed by atoms with E-state index in [-0.39, 0.29) is 11.7 Å². The molecule has 1 atom stereocenters. The summed E-state index contributed by atoms with van der Waals surface area (Å²) in [5.74, 6) is 0.488. The predicted octanol–water partition coefficient (Wildman–Crippen LogP) is 4.14. The number of carbonyl (C=O) groups is 2. The predicted molar refractivity (Wildman–Crippen MR) is 74.0 cm³/mol. The quantitative estimate of drug-likeness (QED) is 0.510. The fourth-order valence-electron chi connectivity index (χ4n) is 2.13. The van der Waals surface area contributed by atoms with E-state index in [2.05, 4.69) is 13.8 Å². The van der Waals surface area contributed by atoms with Crippen LogP contribution in [0, 0.1) is 0 Å². The van der Waals surface area contributed by atoms with Gasteiger partial charge in [0.25, 0.3) is 0 Å². The summed E-state index contributed by atoms with van der Waals surface area (Å²) in [4.78, 5) is 22.6. The van der Waals surface area contributed by atoms with Gasteiger partial charge in [-0.25, -0.2) is 0 Å². The molecule has 0 heterocycles. The Morgan fingerprint density at radius 3 is 2.72 bits per heavy atom. The van der Waals surface area contributed by atoms with Crippen LogP contribution < -0.4 is 0 Å². The van der Waals surface area contributed by atoms with Crippen LogP contribution in [0.5, 0.6) is 0 Å². The van der Waals surface area contributed by atoms with E-state index >= 15 is 0 Å². The first-order valence-corrected chi connectivity index (χ1v) is 6.76. The maximum atomic E-state index is 12.1. The molecule has 1 aromatic rings. The van der Waals surface area contributed by atoms with Crippen molar-refractivity contribution in [3.63, 3.8) is 0 Å². The topological polar surface area (TPSA) is 34.1 Å². The van der Waals surface area contributed by atoms with Gasteiger partial charge in [-0.1, -0.05) is 44.5 Å². The van der Waals surface area contributed by atoms with E-state index in [1.54, 1.807) is 0 Å². The van der Waals surface area contributed by atoms with Crippen LogP contribution in [-0.2, 0) is 4.79 Å². The molecule has 1 rings (SSSR count). The molecule has 2 nitrogen and oxygen atoms in total. The summed E-state index contributed by atoms with van der Waals surface area (Å²) in [6.07, 6.45) is 4.90. The molecule has 0 bridgehead atoms. The molecule has 1 aromatic carbocycles. The fraction of sp³-hybridized carbons (Fsp3) is 0.500. The standard InChI is InChI=1S/C16H22O2/c1-3-4-11-16(18)15-10-6-5-9-14(15)13(2)8-7-12-17/h5-6,9-10,12-13H,3-4,7-8,11H2,1-2H3. The lowest BCUT2D eigenvalue weighted by molar-refractivity contribution is -0.108. The highest BCUT2D eigenvalue weighted by Crippen LogP contribution is 2.25. The summed E-state index contributed by atoms with van der Waals surface area (Å²) in [5, 5.41) is 0. The van der Waals surface area contributed by atoms with Crippen LogP contribution in [-0.4, -0.2) is 12.1 Å². The van der Waals surface area contributed by atoms with Crippen LogP contribution in [0.15, 0.2) is 24.3 Å². The molecule has 1 unspecified atom stereocenters. The zero-order chi connectivity index (χ0) is 13.4. The molecular formula is C16H22O2. The molecule has 0 saturated carbocycles. The lowest BCUT2D eigenvalue weighted by atomic mass is 9.89. The number of hydrogen-bond donors (Lipinski definition) is 0. The first-order chi connectivity index (χ1) is 8.70. The van der Waals surface area contributed by atoms with Gasteiger partial charge in [0.2, 0.25) is 0 Å². The molecule has 0 radical (unpaired) electrons. The molecular weight excluding hydrogens is 224 g/mol. The zero-order valence-electron chi connectivity index (χ0n) is 11.3. The van der Waals surface area contributed by atoms with Crippen molar-refractivity contribution in [2.45, 2.75) is 51.9 Å². The van der Waals surface area contributed by atoms with Gasteiger partial charge in [-0.15, -0.1) is 0 Å². The normalized spacial score (nSPS) is 12.1. The van der Waals surface area contributed by atoms with Crippen molar-refractivity contribution >= 4 is 12.1 Å². The third-order valence-corrected chi connectivity index (χ3v) is 3.27. The van der Waals surface area contributed by atoms with Crippen molar-refractivity contribution in [2.24, 2.45) is 0 Å². The van der Waals surface area contributed by atoms with Crippen molar-refractivity contribution in [3.05, 3.63) is 35.4 Å². The minimum atomic E-state index is 0.227. The molecule has 0 saturated heterocycles. The highest BCUT2D eigenvalue weighted by molar-refractivity contribution is 5.97. The first kappa shape index (κ1) is 14.6. The Morgan fingerprint density at radius 1 is 1.33 bits per heavy atom. The summed E-state index contributed by atoms with van der Waals surface area (Å²) in [6.45, 7) is 4.17. The number of rotatable bonds is 8. The largest absolute Gasteiger partial charge is 0.303 e. The monoisotopic (exact) mass is 246 g/mol. The molecule has 18 heavy (non-hydrogen) atoms. The summed E-state index contributed by atoms with van der Waals surface area (Å²) in [6, 6.07) is 7.79. The van der Waals surface area contributed by atoms with Gasteiger partial charge in [-0.05, 0) is 24.3 Å². The van der Waals surface area contributed by atoms with Gasteiger partial charge >= 0.3 is 0 Å². The Kier molecular flexibility index (Phi) is 6.34. The second-order valence-electron chi connectivity index (χ2n) is 4.76. The van der Waals surface area contributed by atoms with Crippen LogP contribution in [0.1, 0.15) is 67.8 Å². The van der Waals surface area contributed by atoms with E-state index < -0.39 is 0 Å². The molecule has 0 N–H and O–H groups in total. The SMILES string of the molecule is CCCCC(=O)c1ccccc1C(C)CCC=O. The minimum Gasteiger partial charge on any atom is -0.303 e. The Morgan fingerprint density at radius 2 is 2.06 bits per heavy atom. The van der Waals surface area contributed by atoms with Crippen molar-refractivity contribution in [3.8, 4) is 0 Å². The smallest absolute Gasteiger partial charge is 0.163 e. The van der Waals surface area contributed by atoms with Gasteiger partial charge in [0, 0.05) is 18.4 Å². The van der Waals surface area contributed by atoms with Gasteiger partial charge in [-0.2, -0.15) is 0 Å². The summed E-state index contributed by atoms with van der Waals surface area (Å²) < 4.78 is 0. The molecule has 0 aliphatic rings. The van der Waals surface area contributed by atoms with Gasteiger partial charge in [0.15, 0.2) is 5.78 Å². The van der Waals surface area contributed by atoms with Gasteiger partial charge in [0.1, 0.15) is 6.29 Å². The van der Waals surface area contributed by atoms with Crippen molar-refractivity contribution in [1.82, 2.24) is 0 Å². The highest BCUT2D eigenvalue weighted by Gasteiger charge is 2.14. The van der Waals surface area contributed by atoms with E-state index in [0.717, 1.165) is 36.7 Å². The lowest BCUT2D eigenvalue weighted by Crippen LogP contribution is -2.06. The Labute approximate surface area is 109 Å². The van der Waals surface area contributed by atoms with E-state index in [0.29, 0.717) is 12.8 Å². The molecule has 0 amide bonds. The number of hydrogen-bond acceptors (Lipinski definition) is 2. The molecule has 0 aromatic heterocycles. The van der Waals surface area contributed by atoms with Gasteiger partial charge in [-0.3, -0.25) is 4.79 Å². The third-order valence-electron chi connectivity index (χ3n) is 3.27. The van der Waals surface area contributed by atoms with E-state index in [1.165, 1.54) is 0 Å². The van der Waals surface area contributed by atoms with Crippen LogP contribution in [0.25, 0.3) is 0 Å². The molecule has 0 aliphatic carbocycles. The summed E-state index contributed by atoms with van der Waals surface area (Å²) in [7, 11) is 0. The van der Waals surface area contributed by atoms with E-state index in [1.807, 2.05) is 24.3 Å². The Bertz CT molecular complexity index is 396. The second-order valence-corrected chi connectivity index (χ2v) is 4.76. The van der Waals surface area contributed by atoms with Crippen LogP contribution in [0.3, 0.4) is 0 Å². The highest BCUT2D eigenvalue weighted by atomic mass is 16.1. The van der Waals surface area contributed by atoms with Crippen molar-refractivity contribution in [2.75, 3.05) is 0 Å². The molecule has 0 fully saturated rings. The van der Waals surface area contributed by atoms with Crippen LogP contribution in [0.4, 0.5) is 0 Å². The number of aldehydes is 1. The van der Waals surface area contributed by atoms with Crippen molar-refractivity contribution < 1.29 is 9.59 Å². The molecule has 2 heteroatoms. The maximum Gasteiger partial charge on any atom is 0.163 e. The number of ketones is 1. The molecule has 0 aliphatic heterocycles. The first-order valence-electron chi connectivity index (χ1n) is 6.76. The third kappa shape index (κ3) is 4.10. The zero-order valence-corrected chi connectivity index (χ0v) is 11.3. The van der Waals surface area contributed by atoms with Gasteiger partial charge < -0.3 is 4.79 Å². The minimum absolute atomic E-state index is 0.227. The maximum absolute atomic E-state index is 12.1. The number of unbranched alkanes of at least 4 members (excludes halogenated alkanes) is 1. The van der Waals surface area contributed by atoms with Crippen molar-refractivity contribution in [1.29, 1.82) is 0 Å². The number of carbonyl (C=O) groups excluding carboxylic acids is 2. The average molecular weight is 246 g/mol. The Balaban J connectivity index is 2.84. The summed E-state index contributed by atoms with van der Waals surface area (Å²) in [5.41, 5.74) is 1.92. The fourth-order valence-corrected chi connectivity index (χ4v) is 2.13. The lowest BCUT2D eigenvalue weighted by Gasteiger charge is -2.14. The summed E-state index contributed by atoms with van der Waals surface area (Å²) >= 11 is 0. The molecule has 0 spiro atoms. The van der Waals surface area contributed by atoms with E-state index in [9.17, 15) is 9.59 Å². The van der Waals surface area contributed by atoms with Crippen LogP contribution in [0.2, 0.25) is 0 Å². The average Bonchev–Trinajstić information content (AvgIpc) is 2.42. The van der Waals surface area contributed by atoms with E-state index in [4.69, 9.17) is 0 Å². The number of benzene rings is 1. The molecule has 98 valence electrons.